The van der Waals surface area contributed by atoms with E-state index in [-0.39, 0.29) is 5.92 Å². The molecular formula is C25H29N3. The summed E-state index contributed by atoms with van der Waals surface area (Å²) in [5, 5.41) is 5.71. The molecule has 3 nitrogen and oxygen atoms in total. The largest absolute Gasteiger partial charge is 0.359 e. The zero-order valence-electron chi connectivity index (χ0n) is 16.7. The van der Waals surface area contributed by atoms with Gasteiger partial charge in [-0.1, -0.05) is 62.9 Å². The minimum absolute atomic E-state index is 0.0633. The highest BCUT2D eigenvalue weighted by molar-refractivity contribution is 5.85. The van der Waals surface area contributed by atoms with Crippen LogP contribution in [0.2, 0.25) is 0 Å². The predicted octanol–water partition coefficient (Wildman–Crippen LogP) is 5.66. The Kier molecular flexibility index (Phi) is 6.62. The van der Waals surface area contributed by atoms with Crippen molar-refractivity contribution in [3.05, 3.63) is 96.5 Å². The molecule has 1 unspecified atom stereocenters. The fraction of sp³-hybridized carbons (Fsp3) is 0.240. The first-order valence-electron chi connectivity index (χ1n) is 9.82. The van der Waals surface area contributed by atoms with E-state index in [0.717, 1.165) is 28.6 Å². The van der Waals surface area contributed by atoms with Gasteiger partial charge in [0.1, 0.15) is 0 Å². The van der Waals surface area contributed by atoms with Gasteiger partial charge < -0.3 is 11.1 Å². The Hall–Kier alpha value is -2.91. The van der Waals surface area contributed by atoms with E-state index in [1.165, 1.54) is 11.1 Å². The molecule has 3 rings (SSSR count). The average molecular weight is 372 g/mol. The monoisotopic (exact) mass is 371 g/mol. The Balaban J connectivity index is 1.70. The second kappa shape index (κ2) is 9.34. The van der Waals surface area contributed by atoms with Gasteiger partial charge in [-0.15, -0.1) is 0 Å². The van der Waals surface area contributed by atoms with Gasteiger partial charge in [-0.3, -0.25) is 4.98 Å². The molecule has 1 heterocycles. The third-order valence-corrected chi connectivity index (χ3v) is 4.86. The van der Waals surface area contributed by atoms with Crippen molar-refractivity contribution >= 4 is 16.5 Å². The van der Waals surface area contributed by atoms with E-state index in [0.29, 0.717) is 12.5 Å². The van der Waals surface area contributed by atoms with E-state index in [4.69, 9.17) is 5.73 Å². The van der Waals surface area contributed by atoms with E-state index in [2.05, 4.69) is 79.3 Å². The molecule has 1 atom stereocenters. The van der Waals surface area contributed by atoms with Gasteiger partial charge >= 0.3 is 0 Å². The number of fused-ring (bicyclic) bond motifs is 1. The summed E-state index contributed by atoms with van der Waals surface area (Å²) < 4.78 is 0. The van der Waals surface area contributed by atoms with Crippen LogP contribution in [-0.2, 0) is 6.42 Å². The van der Waals surface area contributed by atoms with Gasteiger partial charge in [0.05, 0.1) is 0 Å². The quantitative estimate of drug-likeness (QED) is 0.503. The maximum Gasteiger partial charge on any atom is 0.0388 e. The third-order valence-electron chi connectivity index (χ3n) is 4.86. The number of allylic oxidation sites excluding steroid dienone is 2. The minimum Gasteiger partial charge on any atom is -0.359 e. The average Bonchev–Trinajstić information content (AvgIpc) is 2.69. The number of anilines is 1. The van der Waals surface area contributed by atoms with Crippen molar-refractivity contribution in [1.82, 2.24) is 4.98 Å². The zero-order chi connectivity index (χ0) is 19.9. The van der Waals surface area contributed by atoms with Crippen LogP contribution in [0.3, 0.4) is 0 Å². The first-order valence-corrected chi connectivity index (χ1v) is 9.82. The lowest BCUT2D eigenvalue weighted by Crippen LogP contribution is -2.18. The summed E-state index contributed by atoms with van der Waals surface area (Å²) in [4.78, 5) is 4.16. The van der Waals surface area contributed by atoms with E-state index >= 15 is 0 Å². The molecule has 144 valence electrons. The van der Waals surface area contributed by atoms with Gasteiger partial charge in [0.25, 0.3) is 0 Å². The van der Waals surface area contributed by atoms with Crippen molar-refractivity contribution in [3.63, 3.8) is 0 Å². The lowest BCUT2D eigenvalue weighted by Gasteiger charge is -2.20. The van der Waals surface area contributed by atoms with Crippen molar-refractivity contribution in [1.29, 1.82) is 0 Å². The molecule has 3 aromatic rings. The van der Waals surface area contributed by atoms with Crippen LogP contribution in [-0.4, -0.2) is 11.5 Å². The highest BCUT2D eigenvalue weighted by Crippen LogP contribution is 2.26. The van der Waals surface area contributed by atoms with E-state index in [9.17, 15) is 0 Å². The maximum atomic E-state index is 6.08. The van der Waals surface area contributed by atoms with Crippen LogP contribution in [0.1, 0.15) is 30.9 Å². The molecule has 0 saturated heterocycles. The van der Waals surface area contributed by atoms with Crippen LogP contribution in [0.5, 0.6) is 0 Å². The summed E-state index contributed by atoms with van der Waals surface area (Å²) in [5.74, 6) is 0.648. The SMILES string of the molecule is C=C(Nc1ccc2cnccc2c1)C(CN)c1ccc(CC=CC(C)C)cc1. The van der Waals surface area contributed by atoms with Crippen LogP contribution in [0.4, 0.5) is 5.69 Å². The second-order valence-electron chi connectivity index (χ2n) is 7.49. The molecule has 0 aliphatic heterocycles. The van der Waals surface area contributed by atoms with E-state index < -0.39 is 0 Å². The summed E-state index contributed by atoms with van der Waals surface area (Å²) >= 11 is 0. The van der Waals surface area contributed by atoms with E-state index in [1.54, 1.807) is 0 Å². The van der Waals surface area contributed by atoms with Crippen molar-refractivity contribution in [2.75, 3.05) is 11.9 Å². The molecule has 0 saturated carbocycles. The van der Waals surface area contributed by atoms with Gasteiger partial charge in [0, 0.05) is 41.6 Å². The van der Waals surface area contributed by atoms with Crippen molar-refractivity contribution in [3.8, 4) is 0 Å². The molecule has 0 aliphatic rings. The van der Waals surface area contributed by atoms with Crippen LogP contribution >= 0.6 is 0 Å². The Morgan fingerprint density at radius 3 is 2.61 bits per heavy atom. The molecule has 3 heteroatoms. The van der Waals surface area contributed by atoms with Gasteiger partial charge in [-0.05, 0) is 47.1 Å². The summed E-state index contributed by atoms with van der Waals surface area (Å²) in [6.07, 6.45) is 9.10. The Morgan fingerprint density at radius 1 is 1.11 bits per heavy atom. The van der Waals surface area contributed by atoms with E-state index in [1.807, 2.05) is 24.5 Å². The molecule has 3 N–H and O–H groups in total. The minimum atomic E-state index is 0.0633. The van der Waals surface area contributed by atoms with Gasteiger partial charge in [-0.2, -0.15) is 0 Å². The summed E-state index contributed by atoms with van der Waals surface area (Å²) in [6, 6.07) is 16.9. The van der Waals surface area contributed by atoms with Crippen LogP contribution in [0.25, 0.3) is 10.8 Å². The lowest BCUT2D eigenvalue weighted by molar-refractivity contribution is 0.806. The Morgan fingerprint density at radius 2 is 1.89 bits per heavy atom. The molecule has 0 radical (unpaired) electrons. The summed E-state index contributed by atoms with van der Waals surface area (Å²) in [7, 11) is 0. The number of nitrogens with one attached hydrogen (secondary N) is 1. The Bertz CT molecular complexity index is 955. The van der Waals surface area contributed by atoms with Crippen molar-refractivity contribution in [2.24, 2.45) is 11.7 Å². The molecule has 0 fully saturated rings. The normalized spacial score (nSPS) is 12.6. The number of hydrogen-bond acceptors (Lipinski definition) is 3. The number of rotatable bonds is 8. The van der Waals surface area contributed by atoms with Gasteiger partial charge in [0.15, 0.2) is 0 Å². The number of benzene rings is 2. The third kappa shape index (κ3) is 5.08. The molecule has 0 bridgehead atoms. The van der Waals surface area contributed by atoms with Crippen LogP contribution < -0.4 is 11.1 Å². The first kappa shape index (κ1) is 19.8. The van der Waals surface area contributed by atoms with Gasteiger partial charge in [-0.25, -0.2) is 0 Å². The molecular weight excluding hydrogens is 342 g/mol. The highest BCUT2D eigenvalue weighted by Gasteiger charge is 2.14. The fourth-order valence-electron chi connectivity index (χ4n) is 3.28. The molecule has 2 aromatic carbocycles. The fourth-order valence-corrected chi connectivity index (χ4v) is 3.28. The second-order valence-corrected chi connectivity index (χ2v) is 7.49. The predicted molar refractivity (Wildman–Crippen MR) is 120 cm³/mol. The molecule has 1 aromatic heterocycles. The summed E-state index contributed by atoms with van der Waals surface area (Å²) in [6.45, 7) is 9.15. The van der Waals surface area contributed by atoms with Crippen LogP contribution in [0.15, 0.2) is 85.4 Å². The number of nitrogens with two attached hydrogens (primary N) is 1. The molecule has 0 aliphatic carbocycles. The number of pyridine rings is 1. The van der Waals surface area contributed by atoms with Crippen molar-refractivity contribution < 1.29 is 0 Å². The standard InChI is InChI=1S/C25H29N3/c1-18(2)5-4-6-20-7-9-21(10-8-20)25(16-26)19(3)28-24-12-11-23-17-27-14-13-22(23)15-24/h4-5,7-15,17-18,25,28H,3,6,16,26H2,1-2H3. The number of aromatic nitrogens is 1. The lowest BCUT2D eigenvalue weighted by atomic mass is 9.94. The van der Waals surface area contributed by atoms with Crippen molar-refractivity contribution in [2.45, 2.75) is 26.2 Å². The smallest absolute Gasteiger partial charge is 0.0388 e. The molecule has 0 spiro atoms. The highest BCUT2D eigenvalue weighted by atomic mass is 14.9. The first-order chi connectivity index (χ1) is 13.6. The molecule has 28 heavy (non-hydrogen) atoms. The maximum absolute atomic E-state index is 6.08. The topological polar surface area (TPSA) is 50.9 Å². The van der Waals surface area contributed by atoms with Crippen LogP contribution in [0, 0.1) is 5.92 Å². The van der Waals surface area contributed by atoms with Gasteiger partial charge in [0.2, 0.25) is 0 Å². The Labute approximate surface area is 168 Å². The number of hydrogen-bond donors (Lipinski definition) is 2. The summed E-state index contributed by atoms with van der Waals surface area (Å²) in [5.41, 5.74) is 10.5. The number of nitrogens with zero attached hydrogens (tertiary/aromatic N) is 1. The zero-order valence-corrected chi connectivity index (χ0v) is 16.7. The molecule has 0 amide bonds.